The molecule has 0 spiro atoms. The van der Waals surface area contributed by atoms with Gasteiger partial charge in [-0.1, -0.05) is 30.3 Å². The molecule has 1 fully saturated rings. The van der Waals surface area contributed by atoms with E-state index in [1.54, 1.807) is 16.9 Å². The van der Waals surface area contributed by atoms with Crippen LogP contribution in [0.1, 0.15) is 28.9 Å². The van der Waals surface area contributed by atoms with Gasteiger partial charge in [0, 0.05) is 62.3 Å². The van der Waals surface area contributed by atoms with Gasteiger partial charge < -0.3 is 15.5 Å². The molecule has 2 amide bonds. The number of aryl methyl sites for hydroxylation is 2. The van der Waals surface area contributed by atoms with Gasteiger partial charge in [-0.3, -0.25) is 18.8 Å². The summed E-state index contributed by atoms with van der Waals surface area (Å²) in [5, 5.41) is 4.32. The van der Waals surface area contributed by atoms with E-state index in [-0.39, 0.29) is 5.91 Å². The molecule has 2 N–H and O–H groups in total. The minimum absolute atomic E-state index is 0.143. The first-order valence-electron chi connectivity index (χ1n) is 12.9. The number of imidazole rings is 1. The average molecular weight is 512 g/mol. The molecule has 38 heavy (non-hydrogen) atoms. The second kappa shape index (κ2) is 11.0. The van der Waals surface area contributed by atoms with E-state index in [0.717, 1.165) is 55.1 Å². The van der Waals surface area contributed by atoms with Crippen LogP contribution in [0.3, 0.4) is 0 Å². The second-order valence-electron chi connectivity index (χ2n) is 9.79. The number of carbonyl (C=O) groups is 2. The molecule has 0 atom stereocenters. The van der Waals surface area contributed by atoms with Gasteiger partial charge in [-0.05, 0) is 50.2 Å². The van der Waals surface area contributed by atoms with Crippen LogP contribution < -0.4 is 5.73 Å². The average Bonchev–Trinajstić information content (AvgIpc) is 3.48. The van der Waals surface area contributed by atoms with Gasteiger partial charge in [-0.2, -0.15) is 5.10 Å². The van der Waals surface area contributed by atoms with Gasteiger partial charge in [0.2, 0.25) is 11.8 Å². The second-order valence-corrected chi connectivity index (χ2v) is 9.79. The van der Waals surface area contributed by atoms with Crippen LogP contribution in [0.15, 0.2) is 67.1 Å². The molecule has 0 bridgehead atoms. The molecule has 1 aliphatic heterocycles. The first-order chi connectivity index (χ1) is 18.4. The van der Waals surface area contributed by atoms with Crippen LogP contribution in [0.4, 0.5) is 0 Å². The topological polar surface area (TPSA) is 102 Å². The first kappa shape index (κ1) is 25.4. The fourth-order valence-corrected chi connectivity index (χ4v) is 5.00. The van der Waals surface area contributed by atoms with Crippen molar-refractivity contribution in [1.29, 1.82) is 0 Å². The summed E-state index contributed by atoms with van der Waals surface area (Å²) in [7, 11) is 3.94. The smallest absolute Gasteiger partial charge is 0.249 e. The molecular weight excluding hydrogens is 478 g/mol. The number of hydrogen-bond acceptors (Lipinski definition) is 5. The molecule has 1 saturated heterocycles. The SMILES string of the molecule is CN1CCCN(C(=O)CCc2cn(-c3ccccc3)c(-c3c(C(N)=O)cccc3-c3cnn(C)c3)n2)CC1. The molecule has 3 heterocycles. The highest BCUT2D eigenvalue weighted by atomic mass is 16.2. The van der Waals surface area contributed by atoms with Crippen molar-refractivity contribution in [1.82, 2.24) is 29.1 Å². The van der Waals surface area contributed by atoms with Crippen LogP contribution in [0.2, 0.25) is 0 Å². The fourth-order valence-electron chi connectivity index (χ4n) is 5.00. The van der Waals surface area contributed by atoms with E-state index in [4.69, 9.17) is 10.7 Å². The Hall–Kier alpha value is -4.24. The number of rotatable bonds is 7. The van der Waals surface area contributed by atoms with Gasteiger partial charge in [0.1, 0.15) is 5.82 Å². The number of hydrogen-bond donors (Lipinski definition) is 1. The van der Waals surface area contributed by atoms with Crippen LogP contribution in [0.5, 0.6) is 0 Å². The van der Waals surface area contributed by atoms with E-state index in [1.807, 2.05) is 71.4 Å². The lowest BCUT2D eigenvalue weighted by Gasteiger charge is -2.20. The summed E-state index contributed by atoms with van der Waals surface area (Å²) in [5.41, 5.74) is 10.2. The van der Waals surface area contributed by atoms with Crippen molar-refractivity contribution >= 4 is 11.8 Å². The molecule has 2 aromatic carbocycles. The van der Waals surface area contributed by atoms with E-state index in [2.05, 4.69) is 17.0 Å². The lowest BCUT2D eigenvalue weighted by atomic mass is 9.96. The van der Waals surface area contributed by atoms with Crippen LogP contribution in [-0.4, -0.2) is 74.2 Å². The molecule has 0 radical (unpaired) electrons. The summed E-state index contributed by atoms with van der Waals surface area (Å²) in [6.07, 6.45) is 7.48. The van der Waals surface area contributed by atoms with Crippen molar-refractivity contribution in [2.45, 2.75) is 19.3 Å². The number of aromatic nitrogens is 4. The summed E-state index contributed by atoms with van der Waals surface area (Å²) in [6, 6.07) is 15.3. The lowest BCUT2D eigenvalue weighted by molar-refractivity contribution is -0.131. The zero-order valence-electron chi connectivity index (χ0n) is 21.9. The van der Waals surface area contributed by atoms with Crippen LogP contribution in [0, 0.1) is 0 Å². The summed E-state index contributed by atoms with van der Waals surface area (Å²) in [5.74, 6) is 0.212. The van der Waals surface area contributed by atoms with Crippen molar-refractivity contribution in [3.63, 3.8) is 0 Å². The molecule has 0 saturated carbocycles. The fraction of sp³-hybridized carbons (Fsp3) is 0.310. The quantitative estimate of drug-likeness (QED) is 0.411. The van der Waals surface area contributed by atoms with Gasteiger partial charge in [-0.25, -0.2) is 4.98 Å². The van der Waals surface area contributed by atoms with Crippen molar-refractivity contribution in [2.24, 2.45) is 12.8 Å². The third-order valence-electron chi connectivity index (χ3n) is 7.03. The highest BCUT2D eigenvalue weighted by Gasteiger charge is 2.23. The molecule has 2 aromatic heterocycles. The van der Waals surface area contributed by atoms with Crippen LogP contribution in [-0.2, 0) is 18.3 Å². The van der Waals surface area contributed by atoms with Gasteiger partial charge >= 0.3 is 0 Å². The zero-order valence-corrected chi connectivity index (χ0v) is 21.9. The number of carbonyl (C=O) groups excluding carboxylic acids is 2. The van der Waals surface area contributed by atoms with E-state index >= 15 is 0 Å². The maximum atomic E-state index is 13.0. The molecule has 5 rings (SSSR count). The number of para-hydroxylation sites is 1. The molecule has 4 aromatic rings. The summed E-state index contributed by atoms with van der Waals surface area (Å²) in [4.78, 5) is 34.9. The summed E-state index contributed by atoms with van der Waals surface area (Å²) >= 11 is 0. The van der Waals surface area contributed by atoms with E-state index in [1.165, 1.54) is 0 Å². The third kappa shape index (κ3) is 5.38. The minimum atomic E-state index is -0.531. The molecule has 0 unspecified atom stereocenters. The van der Waals surface area contributed by atoms with E-state index in [0.29, 0.717) is 29.8 Å². The van der Waals surface area contributed by atoms with E-state index < -0.39 is 5.91 Å². The molecule has 9 heteroatoms. The predicted octanol–water partition coefficient (Wildman–Crippen LogP) is 3.14. The molecule has 1 aliphatic rings. The zero-order chi connectivity index (χ0) is 26.6. The Morgan fingerprint density at radius 3 is 2.50 bits per heavy atom. The highest BCUT2D eigenvalue weighted by Crippen LogP contribution is 2.36. The number of amides is 2. The van der Waals surface area contributed by atoms with Crippen molar-refractivity contribution < 1.29 is 9.59 Å². The lowest BCUT2D eigenvalue weighted by Crippen LogP contribution is -2.34. The van der Waals surface area contributed by atoms with Crippen molar-refractivity contribution in [3.8, 4) is 28.2 Å². The Kier molecular flexibility index (Phi) is 7.37. The molecule has 9 nitrogen and oxygen atoms in total. The highest BCUT2D eigenvalue weighted by molar-refractivity contribution is 6.03. The van der Waals surface area contributed by atoms with Crippen LogP contribution in [0.25, 0.3) is 28.2 Å². The first-order valence-corrected chi connectivity index (χ1v) is 12.9. The Bertz CT molecular complexity index is 1440. The molecule has 196 valence electrons. The number of nitrogens with zero attached hydrogens (tertiary/aromatic N) is 6. The molecular formula is C29H33N7O2. The standard InChI is InChI=1S/C29H33N7O2/c1-33-14-7-15-35(17-16-33)26(37)13-12-22-20-36(23-8-4-3-5-9-23)29(32-22)27-24(21-18-31-34(2)19-21)10-6-11-25(27)28(30)38/h3-6,8-11,18-20H,7,12-17H2,1-2H3,(H2,30,38). The largest absolute Gasteiger partial charge is 0.366 e. The Balaban J connectivity index is 1.54. The van der Waals surface area contributed by atoms with Crippen LogP contribution >= 0.6 is 0 Å². The van der Waals surface area contributed by atoms with Crippen molar-refractivity contribution in [3.05, 3.63) is 78.4 Å². The van der Waals surface area contributed by atoms with Gasteiger partial charge in [0.05, 0.1) is 17.5 Å². The Morgan fingerprint density at radius 1 is 0.947 bits per heavy atom. The minimum Gasteiger partial charge on any atom is -0.366 e. The predicted molar refractivity (Wildman–Crippen MR) is 147 cm³/mol. The number of primary amides is 1. The van der Waals surface area contributed by atoms with Gasteiger partial charge in [0.25, 0.3) is 0 Å². The maximum Gasteiger partial charge on any atom is 0.249 e. The Labute approximate surface area is 222 Å². The van der Waals surface area contributed by atoms with Gasteiger partial charge in [0.15, 0.2) is 0 Å². The summed E-state index contributed by atoms with van der Waals surface area (Å²) < 4.78 is 3.69. The maximum absolute atomic E-state index is 13.0. The number of likely N-dealkylation sites (N-methyl/N-ethyl adjacent to an activating group) is 1. The number of nitrogens with two attached hydrogens (primary N) is 1. The monoisotopic (exact) mass is 511 g/mol. The normalized spacial score (nSPS) is 14.4. The van der Waals surface area contributed by atoms with Gasteiger partial charge in [-0.15, -0.1) is 0 Å². The van der Waals surface area contributed by atoms with Crippen molar-refractivity contribution in [2.75, 3.05) is 33.2 Å². The molecule has 0 aliphatic carbocycles. The summed E-state index contributed by atoms with van der Waals surface area (Å²) in [6.45, 7) is 3.43. The third-order valence-corrected chi connectivity index (χ3v) is 7.03. The Morgan fingerprint density at radius 2 is 1.76 bits per heavy atom. The van der Waals surface area contributed by atoms with E-state index in [9.17, 15) is 9.59 Å². The number of benzene rings is 2.